The molecule has 4 nitrogen and oxygen atoms in total. The molecule has 0 aliphatic carbocycles. The van der Waals surface area contributed by atoms with Crippen LogP contribution < -0.4 is 0 Å². The summed E-state index contributed by atoms with van der Waals surface area (Å²) in [6, 6.07) is 3.97. The second-order valence-corrected chi connectivity index (χ2v) is 4.07. The second kappa shape index (κ2) is 5.70. The molecular weight excluding hydrogens is 204 g/mol. The van der Waals surface area contributed by atoms with Crippen molar-refractivity contribution in [3.8, 4) is 0 Å². The van der Waals surface area contributed by atoms with Gasteiger partial charge in [0.1, 0.15) is 0 Å². The van der Waals surface area contributed by atoms with Crippen LogP contribution in [-0.4, -0.2) is 37.1 Å². The molecule has 0 radical (unpaired) electrons. The van der Waals surface area contributed by atoms with Crippen molar-refractivity contribution in [3.05, 3.63) is 24.0 Å². The van der Waals surface area contributed by atoms with E-state index in [1.165, 1.54) is 7.11 Å². The summed E-state index contributed by atoms with van der Waals surface area (Å²) in [5, 5.41) is 0. The van der Waals surface area contributed by atoms with Gasteiger partial charge in [0.15, 0.2) is 0 Å². The Morgan fingerprint density at radius 1 is 1.56 bits per heavy atom. The Hall–Kier alpha value is -1.29. The van der Waals surface area contributed by atoms with Crippen LogP contribution in [-0.2, 0) is 9.53 Å². The average molecular weight is 224 g/mol. The zero-order valence-corrected chi connectivity index (χ0v) is 10.4. The molecule has 1 aromatic rings. The SMILES string of the molecule is CCC(C(=O)OC)C(c1ccc[nH]1)N(C)C. The van der Waals surface area contributed by atoms with Gasteiger partial charge in [-0.3, -0.25) is 4.79 Å². The van der Waals surface area contributed by atoms with Gasteiger partial charge in [-0.2, -0.15) is 0 Å². The molecule has 16 heavy (non-hydrogen) atoms. The van der Waals surface area contributed by atoms with Gasteiger partial charge in [0, 0.05) is 11.9 Å². The number of nitrogens with zero attached hydrogens (tertiary/aromatic N) is 1. The van der Waals surface area contributed by atoms with E-state index in [0.29, 0.717) is 0 Å². The predicted molar refractivity (Wildman–Crippen MR) is 63.0 cm³/mol. The fourth-order valence-corrected chi connectivity index (χ4v) is 2.05. The van der Waals surface area contributed by atoms with Crippen LogP contribution in [0, 0.1) is 5.92 Å². The summed E-state index contributed by atoms with van der Waals surface area (Å²) in [5.74, 6) is -0.297. The van der Waals surface area contributed by atoms with E-state index in [2.05, 4.69) is 4.98 Å². The number of aromatic nitrogens is 1. The van der Waals surface area contributed by atoms with Crippen molar-refractivity contribution in [2.75, 3.05) is 21.2 Å². The minimum atomic E-state index is -0.157. The molecule has 0 amide bonds. The summed E-state index contributed by atoms with van der Waals surface area (Å²) in [5.41, 5.74) is 1.04. The minimum Gasteiger partial charge on any atom is -0.469 e. The van der Waals surface area contributed by atoms with Crippen molar-refractivity contribution >= 4 is 5.97 Å². The lowest BCUT2D eigenvalue weighted by Crippen LogP contribution is -2.33. The predicted octanol–water partition coefficient (Wildman–Crippen LogP) is 1.82. The number of esters is 1. The van der Waals surface area contributed by atoms with Crippen molar-refractivity contribution in [2.45, 2.75) is 19.4 Å². The van der Waals surface area contributed by atoms with Gasteiger partial charge in [-0.1, -0.05) is 6.92 Å². The smallest absolute Gasteiger partial charge is 0.310 e. The lowest BCUT2D eigenvalue weighted by molar-refractivity contribution is -0.148. The van der Waals surface area contributed by atoms with E-state index in [-0.39, 0.29) is 17.9 Å². The quantitative estimate of drug-likeness (QED) is 0.776. The molecule has 1 aromatic heterocycles. The number of methoxy groups -OCH3 is 1. The van der Waals surface area contributed by atoms with Crippen molar-refractivity contribution in [2.24, 2.45) is 5.92 Å². The van der Waals surface area contributed by atoms with Crippen LogP contribution in [0.2, 0.25) is 0 Å². The monoisotopic (exact) mass is 224 g/mol. The zero-order valence-electron chi connectivity index (χ0n) is 10.4. The number of hydrogen-bond donors (Lipinski definition) is 1. The van der Waals surface area contributed by atoms with Crippen LogP contribution >= 0.6 is 0 Å². The largest absolute Gasteiger partial charge is 0.469 e. The molecule has 4 heteroatoms. The van der Waals surface area contributed by atoms with Gasteiger partial charge in [-0.15, -0.1) is 0 Å². The van der Waals surface area contributed by atoms with Gasteiger partial charge < -0.3 is 14.6 Å². The second-order valence-electron chi connectivity index (χ2n) is 4.07. The Kier molecular flexibility index (Phi) is 4.55. The van der Waals surface area contributed by atoms with Crippen LogP contribution in [0.4, 0.5) is 0 Å². The first kappa shape index (κ1) is 12.8. The molecular formula is C12H20N2O2. The summed E-state index contributed by atoms with van der Waals surface area (Å²) < 4.78 is 4.85. The van der Waals surface area contributed by atoms with Crippen LogP contribution in [0.25, 0.3) is 0 Å². The number of ether oxygens (including phenoxy) is 1. The number of H-pyrrole nitrogens is 1. The third-order valence-electron chi connectivity index (χ3n) is 2.82. The number of nitrogens with one attached hydrogen (secondary N) is 1. The molecule has 0 saturated heterocycles. The van der Waals surface area contributed by atoms with Gasteiger partial charge in [0.2, 0.25) is 0 Å². The van der Waals surface area contributed by atoms with E-state index in [0.717, 1.165) is 12.1 Å². The van der Waals surface area contributed by atoms with E-state index in [1.807, 2.05) is 44.2 Å². The molecule has 2 atom stereocenters. The number of rotatable bonds is 5. The number of carbonyl (C=O) groups is 1. The highest BCUT2D eigenvalue weighted by molar-refractivity contribution is 5.73. The summed E-state index contributed by atoms with van der Waals surface area (Å²) >= 11 is 0. The van der Waals surface area contributed by atoms with Crippen molar-refractivity contribution in [1.29, 1.82) is 0 Å². The number of carbonyl (C=O) groups excluding carboxylic acids is 1. The van der Waals surface area contributed by atoms with E-state index in [9.17, 15) is 4.79 Å². The molecule has 1 heterocycles. The van der Waals surface area contributed by atoms with Crippen LogP contribution in [0.15, 0.2) is 18.3 Å². The molecule has 0 saturated carbocycles. The van der Waals surface area contributed by atoms with Crippen LogP contribution in [0.1, 0.15) is 25.1 Å². The molecule has 90 valence electrons. The van der Waals surface area contributed by atoms with Crippen molar-refractivity contribution in [3.63, 3.8) is 0 Å². The Balaban J connectivity index is 2.96. The number of aromatic amines is 1. The molecule has 0 spiro atoms. The summed E-state index contributed by atoms with van der Waals surface area (Å²) in [4.78, 5) is 16.9. The van der Waals surface area contributed by atoms with Crippen LogP contribution in [0.5, 0.6) is 0 Å². The van der Waals surface area contributed by atoms with Gasteiger partial charge >= 0.3 is 5.97 Å². The highest BCUT2D eigenvalue weighted by Crippen LogP contribution is 2.28. The highest BCUT2D eigenvalue weighted by Gasteiger charge is 2.31. The van der Waals surface area contributed by atoms with Gasteiger partial charge in [0.05, 0.1) is 19.1 Å². The van der Waals surface area contributed by atoms with Crippen molar-refractivity contribution < 1.29 is 9.53 Å². The first-order valence-corrected chi connectivity index (χ1v) is 5.49. The Labute approximate surface area is 96.6 Å². The Morgan fingerprint density at radius 3 is 2.62 bits per heavy atom. The Morgan fingerprint density at radius 2 is 2.25 bits per heavy atom. The van der Waals surface area contributed by atoms with E-state index >= 15 is 0 Å². The van der Waals surface area contributed by atoms with E-state index < -0.39 is 0 Å². The molecule has 2 unspecified atom stereocenters. The highest BCUT2D eigenvalue weighted by atomic mass is 16.5. The normalized spacial score (nSPS) is 14.8. The lowest BCUT2D eigenvalue weighted by atomic mass is 9.93. The summed E-state index contributed by atoms with van der Waals surface area (Å²) in [7, 11) is 5.38. The standard InChI is InChI=1S/C12H20N2O2/c1-5-9(12(15)16-4)11(14(2)3)10-7-6-8-13-10/h6-9,11,13H,5H2,1-4H3. The molecule has 1 rings (SSSR count). The third kappa shape index (κ3) is 2.64. The molecule has 0 aromatic carbocycles. The summed E-state index contributed by atoms with van der Waals surface area (Å²) in [6.07, 6.45) is 2.63. The minimum absolute atomic E-state index is 0.0347. The van der Waals surface area contributed by atoms with E-state index in [4.69, 9.17) is 4.74 Å². The first-order chi connectivity index (χ1) is 7.61. The van der Waals surface area contributed by atoms with E-state index in [1.54, 1.807) is 0 Å². The fourth-order valence-electron chi connectivity index (χ4n) is 2.05. The molecule has 0 aliphatic heterocycles. The van der Waals surface area contributed by atoms with Gasteiger partial charge in [-0.05, 0) is 32.6 Å². The summed E-state index contributed by atoms with van der Waals surface area (Å²) in [6.45, 7) is 2.00. The maximum Gasteiger partial charge on any atom is 0.310 e. The van der Waals surface area contributed by atoms with Gasteiger partial charge in [0.25, 0.3) is 0 Å². The molecule has 1 N–H and O–H groups in total. The van der Waals surface area contributed by atoms with Gasteiger partial charge in [-0.25, -0.2) is 0 Å². The molecule has 0 fully saturated rings. The maximum atomic E-state index is 11.7. The Bertz CT molecular complexity index is 320. The first-order valence-electron chi connectivity index (χ1n) is 5.49. The van der Waals surface area contributed by atoms with Crippen LogP contribution in [0.3, 0.4) is 0 Å². The lowest BCUT2D eigenvalue weighted by Gasteiger charge is -2.29. The molecule has 0 aliphatic rings. The average Bonchev–Trinajstić information content (AvgIpc) is 2.77. The molecule has 0 bridgehead atoms. The number of hydrogen-bond acceptors (Lipinski definition) is 3. The van der Waals surface area contributed by atoms with Crippen molar-refractivity contribution in [1.82, 2.24) is 9.88 Å². The maximum absolute atomic E-state index is 11.7. The third-order valence-corrected chi connectivity index (χ3v) is 2.82. The topological polar surface area (TPSA) is 45.3 Å². The zero-order chi connectivity index (χ0) is 12.1. The fraction of sp³-hybridized carbons (Fsp3) is 0.583.